The molecule has 0 bridgehead atoms. The number of carbonyl (C=O) groups is 1. The van der Waals surface area contributed by atoms with Crippen molar-refractivity contribution in [2.75, 3.05) is 17.2 Å². The molecule has 6 heteroatoms. The predicted octanol–water partition coefficient (Wildman–Crippen LogP) is 3.19. The number of nitrogens with zero attached hydrogens (tertiary/aromatic N) is 1. The van der Waals surface area contributed by atoms with E-state index in [-0.39, 0.29) is 11.7 Å². The first-order valence-corrected chi connectivity index (χ1v) is 7.66. The van der Waals surface area contributed by atoms with Crippen LogP contribution in [-0.4, -0.2) is 17.6 Å². The highest BCUT2D eigenvalue weighted by Gasteiger charge is 2.51. The van der Waals surface area contributed by atoms with E-state index in [4.69, 9.17) is 0 Å². The van der Waals surface area contributed by atoms with Gasteiger partial charge in [-0.05, 0) is 30.3 Å². The molecule has 1 spiro atoms. The van der Waals surface area contributed by atoms with E-state index in [1.54, 1.807) is 12.1 Å². The van der Waals surface area contributed by atoms with Crippen LogP contribution in [0.15, 0.2) is 53.5 Å². The Balaban J connectivity index is 1.59. The second kappa shape index (κ2) is 4.84. The van der Waals surface area contributed by atoms with Crippen LogP contribution in [0, 0.1) is 5.82 Å². The largest absolute Gasteiger partial charge is 0.335 e. The zero-order valence-corrected chi connectivity index (χ0v) is 12.3. The van der Waals surface area contributed by atoms with E-state index in [2.05, 4.69) is 15.6 Å². The number of hydrogen-bond donors (Lipinski definition) is 2. The molecule has 2 aromatic rings. The molecule has 4 rings (SSSR count). The third kappa shape index (κ3) is 1.99. The fraction of sp³-hybridized carbons (Fsp3) is 0.125. The molecule has 2 aliphatic heterocycles. The molecule has 0 saturated heterocycles. The summed E-state index contributed by atoms with van der Waals surface area (Å²) in [6, 6.07) is 13.7. The number of aliphatic imine (C=N–C) groups is 1. The zero-order chi connectivity index (χ0) is 15.2. The van der Waals surface area contributed by atoms with Crippen molar-refractivity contribution in [1.29, 1.82) is 0 Å². The first-order chi connectivity index (χ1) is 10.7. The lowest BCUT2D eigenvalue weighted by molar-refractivity contribution is -0.117. The molecule has 2 aromatic carbocycles. The van der Waals surface area contributed by atoms with Gasteiger partial charge in [-0.3, -0.25) is 9.79 Å². The van der Waals surface area contributed by atoms with Crippen LogP contribution in [0.25, 0.3) is 0 Å². The Bertz CT molecular complexity index is 790. The molecule has 0 fully saturated rings. The molecule has 1 unspecified atom stereocenters. The molecule has 2 N–H and O–H groups in total. The number of hydrogen-bond acceptors (Lipinski definition) is 4. The van der Waals surface area contributed by atoms with Crippen LogP contribution in [0.3, 0.4) is 0 Å². The minimum Gasteiger partial charge on any atom is -0.335 e. The van der Waals surface area contributed by atoms with Gasteiger partial charge in [0.05, 0.1) is 6.54 Å². The third-order valence-corrected chi connectivity index (χ3v) is 5.10. The fourth-order valence-corrected chi connectivity index (χ4v) is 3.87. The van der Waals surface area contributed by atoms with Crippen LogP contribution in [0.5, 0.6) is 0 Å². The van der Waals surface area contributed by atoms with Crippen molar-refractivity contribution in [2.24, 2.45) is 4.99 Å². The number of para-hydroxylation sites is 1. The summed E-state index contributed by atoms with van der Waals surface area (Å²) in [4.78, 5) is 16.9. The van der Waals surface area contributed by atoms with Gasteiger partial charge in [0, 0.05) is 16.9 Å². The molecule has 2 heterocycles. The minimum absolute atomic E-state index is 0.0432. The van der Waals surface area contributed by atoms with Crippen LogP contribution in [0.1, 0.15) is 5.56 Å². The number of thioether (sulfide) groups is 1. The van der Waals surface area contributed by atoms with E-state index in [0.717, 1.165) is 16.9 Å². The Hall–Kier alpha value is -2.34. The monoisotopic (exact) mass is 313 g/mol. The Labute approximate surface area is 130 Å². The van der Waals surface area contributed by atoms with E-state index in [1.165, 1.54) is 23.9 Å². The Morgan fingerprint density at radius 1 is 1.18 bits per heavy atom. The van der Waals surface area contributed by atoms with E-state index >= 15 is 0 Å². The predicted molar refractivity (Wildman–Crippen MR) is 86.7 cm³/mol. The van der Waals surface area contributed by atoms with E-state index in [0.29, 0.717) is 11.7 Å². The highest BCUT2D eigenvalue weighted by Crippen LogP contribution is 2.49. The van der Waals surface area contributed by atoms with Gasteiger partial charge in [0.2, 0.25) is 5.91 Å². The second-order valence-electron chi connectivity index (χ2n) is 5.18. The maximum Gasteiger partial charge on any atom is 0.247 e. The van der Waals surface area contributed by atoms with Crippen LogP contribution < -0.4 is 10.6 Å². The summed E-state index contributed by atoms with van der Waals surface area (Å²) in [7, 11) is 0. The topological polar surface area (TPSA) is 53.5 Å². The molecule has 2 aliphatic rings. The average molecular weight is 313 g/mol. The maximum atomic E-state index is 12.9. The number of halogens is 1. The number of amides is 1. The van der Waals surface area contributed by atoms with Crippen molar-refractivity contribution in [3.8, 4) is 0 Å². The van der Waals surface area contributed by atoms with Gasteiger partial charge in [-0.1, -0.05) is 30.0 Å². The number of rotatable bonds is 1. The maximum absolute atomic E-state index is 12.9. The van der Waals surface area contributed by atoms with Crippen LogP contribution in [-0.2, 0) is 9.54 Å². The number of amidine groups is 1. The smallest absolute Gasteiger partial charge is 0.247 e. The van der Waals surface area contributed by atoms with Gasteiger partial charge in [0.25, 0.3) is 0 Å². The van der Waals surface area contributed by atoms with Gasteiger partial charge in [-0.25, -0.2) is 4.39 Å². The summed E-state index contributed by atoms with van der Waals surface area (Å²) in [6.07, 6.45) is 0. The number of nitrogens with one attached hydrogen (secondary N) is 2. The lowest BCUT2D eigenvalue weighted by atomic mass is 10.00. The van der Waals surface area contributed by atoms with Gasteiger partial charge in [0.1, 0.15) is 10.6 Å². The fourth-order valence-electron chi connectivity index (χ4n) is 2.68. The Kier molecular flexibility index (Phi) is 2.94. The average Bonchev–Trinajstić information content (AvgIpc) is 3.06. The lowest BCUT2D eigenvalue weighted by Crippen LogP contribution is -2.32. The minimum atomic E-state index is -0.695. The Morgan fingerprint density at radius 2 is 1.95 bits per heavy atom. The van der Waals surface area contributed by atoms with Gasteiger partial charge < -0.3 is 10.6 Å². The molecule has 1 amide bonds. The van der Waals surface area contributed by atoms with Crippen LogP contribution >= 0.6 is 11.8 Å². The van der Waals surface area contributed by atoms with E-state index < -0.39 is 4.75 Å². The number of anilines is 2. The second-order valence-corrected chi connectivity index (χ2v) is 6.47. The summed E-state index contributed by atoms with van der Waals surface area (Å²) in [5.74, 6) is -0.328. The Morgan fingerprint density at radius 3 is 2.77 bits per heavy atom. The summed E-state index contributed by atoms with van der Waals surface area (Å²) in [6.45, 7) is 0.393. The molecule has 0 aliphatic carbocycles. The van der Waals surface area contributed by atoms with Crippen LogP contribution in [0.4, 0.5) is 15.8 Å². The van der Waals surface area contributed by atoms with Crippen molar-refractivity contribution >= 4 is 34.2 Å². The first kappa shape index (κ1) is 13.3. The molecule has 110 valence electrons. The number of benzene rings is 2. The first-order valence-electron chi connectivity index (χ1n) is 6.84. The normalized spacial score (nSPS) is 22.4. The lowest BCUT2D eigenvalue weighted by Gasteiger charge is -2.19. The van der Waals surface area contributed by atoms with Gasteiger partial charge >= 0.3 is 0 Å². The van der Waals surface area contributed by atoms with Crippen molar-refractivity contribution in [2.45, 2.75) is 4.75 Å². The van der Waals surface area contributed by atoms with Gasteiger partial charge in [-0.15, -0.1) is 0 Å². The number of carbonyl (C=O) groups excluding carboxylic acids is 1. The SMILES string of the molecule is O=C1Nc2ccccc2C12CN=C(Nc1ccc(F)cc1)S2. The van der Waals surface area contributed by atoms with Crippen molar-refractivity contribution in [3.05, 3.63) is 59.9 Å². The van der Waals surface area contributed by atoms with Crippen molar-refractivity contribution < 1.29 is 9.18 Å². The molecule has 1 atom stereocenters. The molecule has 0 radical (unpaired) electrons. The van der Waals surface area contributed by atoms with Gasteiger partial charge in [0.15, 0.2) is 5.17 Å². The standard InChI is InChI=1S/C16H12FN3OS/c17-10-5-7-11(8-6-10)19-15-18-9-16(22-15)12-3-1-2-4-13(12)20-14(16)21/h1-8H,9H2,(H,18,19)(H,20,21). The summed E-state index contributed by atoms with van der Waals surface area (Å²) in [5, 5.41) is 6.71. The summed E-state index contributed by atoms with van der Waals surface area (Å²) >= 11 is 1.40. The highest BCUT2D eigenvalue weighted by molar-refractivity contribution is 8.15. The quantitative estimate of drug-likeness (QED) is 0.850. The summed E-state index contributed by atoms with van der Waals surface area (Å²) < 4.78 is 12.2. The highest BCUT2D eigenvalue weighted by atomic mass is 32.2. The third-order valence-electron chi connectivity index (χ3n) is 3.79. The molecule has 22 heavy (non-hydrogen) atoms. The molecular formula is C16H12FN3OS. The number of fused-ring (bicyclic) bond motifs is 2. The zero-order valence-electron chi connectivity index (χ0n) is 11.5. The van der Waals surface area contributed by atoms with Gasteiger partial charge in [-0.2, -0.15) is 0 Å². The molecular weight excluding hydrogens is 301 g/mol. The van der Waals surface area contributed by atoms with Crippen molar-refractivity contribution in [3.63, 3.8) is 0 Å². The molecule has 0 aromatic heterocycles. The summed E-state index contributed by atoms with van der Waals surface area (Å²) in [5.41, 5.74) is 2.55. The molecule has 0 saturated carbocycles. The van der Waals surface area contributed by atoms with E-state index in [1.807, 2.05) is 24.3 Å². The molecule has 4 nitrogen and oxygen atoms in total. The van der Waals surface area contributed by atoms with Crippen LogP contribution in [0.2, 0.25) is 0 Å². The van der Waals surface area contributed by atoms with E-state index in [9.17, 15) is 9.18 Å². The van der Waals surface area contributed by atoms with Crippen molar-refractivity contribution in [1.82, 2.24) is 0 Å².